The highest BCUT2D eigenvalue weighted by Crippen LogP contribution is 2.30. The summed E-state index contributed by atoms with van der Waals surface area (Å²) in [5.41, 5.74) is 0.659. The minimum atomic E-state index is -0.617. The van der Waals surface area contributed by atoms with Crippen molar-refractivity contribution >= 4 is 34.8 Å². The number of halogens is 3. The van der Waals surface area contributed by atoms with Crippen LogP contribution in [0, 0.1) is 17.1 Å². The van der Waals surface area contributed by atoms with Crippen molar-refractivity contribution in [1.82, 2.24) is 29.8 Å². The van der Waals surface area contributed by atoms with Crippen LogP contribution in [0.3, 0.4) is 0 Å². The Hall–Kier alpha value is -3.81. The summed E-state index contributed by atoms with van der Waals surface area (Å²) in [7, 11) is 0. The van der Waals surface area contributed by atoms with Gasteiger partial charge in [0.25, 0.3) is 5.91 Å². The van der Waals surface area contributed by atoms with Crippen LogP contribution >= 0.6 is 23.2 Å². The third-order valence-corrected chi connectivity index (χ3v) is 4.50. The molecule has 4 aromatic rings. The molecule has 0 aliphatic carbocycles. The molecule has 3 aromatic heterocycles. The van der Waals surface area contributed by atoms with Crippen molar-refractivity contribution in [2.24, 2.45) is 0 Å². The fourth-order valence-electron chi connectivity index (χ4n) is 2.68. The average Bonchev–Trinajstić information content (AvgIpc) is 3.39. The Balaban J connectivity index is 1.66. The van der Waals surface area contributed by atoms with Crippen LogP contribution in [-0.2, 0) is 0 Å². The molecule has 30 heavy (non-hydrogen) atoms. The molecule has 12 heteroatoms. The number of rotatable bonds is 4. The fourth-order valence-corrected chi connectivity index (χ4v) is 3.30. The molecule has 4 rings (SSSR count). The lowest BCUT2D eigenvalue weighted by molar-refractivity contribution is 0.101. The fraction of sp³-hybridized carbons (Fsp3) is 0. The number of hydrogen-bond donors (Lipinski definition) is 1. The van der Waals surface area contributed by atoms with Crippen LogP contribution in [0.1, 0.15) is 16.1 Å². The first-order valence-electron chi connectivity index (χ1n) is 8.25. The second kappa shape index (κ2) is 7.90. The summed E-state index contributed by atoms with van der Waals surface area (Å²) in [5, 5.41) is 23.9. The number of anilines is 1. The lowest BCUT2D eigenvalue weighted by Gasteiger charge is -2.12. The van der Waals surface area contributed by atoms with Crippen molar-refractivity contribution in [2.75, 3.05) is 5.32 Å². The summed E-state index contributed by atoms with van der Waals surface area (Å²) in [6, 6.07) is 6.99. The van der Waals surface area contributed by atoms with Gasteiger partial charge in [-0.05, 0) is 24.3 Å². The lowest BCUT2D eigenvalue weighted by Crippen LogP contribution is -2.18. The molecule has 0 saturated carbocycles. The van der Waals surface area contributed by atoms with Crippen LogP contribution in [0.15, 0.2) is 49.1 Å². The summed E-state index contributed by atoms with van der Waals surface area (Å²) in [5.74, 6) is -0.969. The lowest BCUT2D eigenvalue weighted by atomic mass is 10.2. The molecule has 9 nitrogen and oxygen atoms in total. The Kier molecular flexibility index (Phi) is 5.14. The number of aromatic nitrogens is 6. The van der Waals surface area contributed by atoms with Crippen molar-refractivity contribution < 1.29 is 9.18 Å². The highest BCUT2D eigenvalue weighted by atomic mass is 35.5. The van der Waals surface area contributed by atoms with Crippen LogP contribution in [-0.4, -0.2) is 35.7 Å². The normalized spacial score (nSPS) is 10.6. The molecular formula is C18H9Cl2FN8O. The molecule has 0 unspecified atom stereocenters. The molecule has 1 amide bonds. The van der Waals surface area contributed by atoms with Gasteiger partial charge in [0, 0.05) is 0 Å². The summed E-state index contributed by atoms with van der Waals surface area (Å²) in [6.07, 6.45) is 5.63. The van der Waals surface area contributed by atoms with Crippen LogP contribution in [0.2, 0.25) is 10.0 Å². The summed E-state index contributed by atoms with van der Waals surface area (Å²) in [6.45, 7) is 0. The zero-order valence-electron chi connectivity index (χ0n) is 14.8. The maximum Gasteiger partial charge on any atom is 0.274 e. The van der Waals surface area contributed by atoms with E-state index in [4.69, 9.17) is 23.2 Å². The van der Waals surface area contributed by atoms with Crippen LogP contribution in [0.4, 0.5) is 10.1 Å². The number of nitrogens with one attached hydrogen (secondary N) is 1. The molecule has 148 valence electrons. The number of nitriles is 1. The van der Waals surface area contributed by atoms with Crippen LogP contribution < -0.4 is 5.32 Å². The zero-order chi connectivity index (χ0) is 21.3. The van der Waals surface area contributed by atoms with E-state index in [1.807, 2.05) is 6.07 Å². The number of hydrogen-bond acceptors (Lipinski definition) is 6. The number of carbonyl (C=O) groups is 1. The van der Waals surface area contributed by atoms with E-state index in [1.54, 1.807) is 0 Å². The number of pyridine rings is 1. The van der Waals surface area contributed by atoms with Gasteiger partial charge in [-0.1, -0.05) is 23.2 Å². The maximum atomic E-state index is 13.5. The largest absolute Gasteiger partial charge is 0.319 e. The molecule has 0 spiro atoms. The van der Waals surface area contributed by atoms with Gasteiger partial charge in [0.1, 0.15) is 28.8 Å². The van der Waals surface area contributed by atoms with Gasteiger partial charge in [0.15, 0.2) is 5.82 Å². The highest BCUT2D eigenvalue weighted by Gasteiger charge is 2.19. The first-order valence-corrected chi connectivity index (χ1v) is 9.00. The Morgan fingerprint density at radius 3 is 2.47 bits per heavy atom. The molecule has 0 fully saturated rings. The van der Waals surface area contributed by atoms with Gasteiger partial charge in [0.2, 0.25) is 0 Å². The van der Waals surface area contributed by atoms with Crippen molar-refractivity contribution in [1.29, 1.82) is 5.26 Å². The van der Waals surface area contributed by atoms with Crippen molar-refractivity contribution in [3.8, 4) is 17.6 Å². The van der Waals surface area contributed by atoms with Crippen LogP contribution in [0.25, 0.3) is 11.5 Å². The molecule has 0 aliphatic rings. The predicted octanol–water partition coefficient (Wildman–Crippen LogP) is 3.42. The first-order chi connectivity index (χ1) is 14.5. The Morgan fingerprint density at radius 2 is 1.80 bits per heavy atom. The maximum absolute atomic E-state index is 13.5. The minimum Gasteiger partial charge on any atom is -0.319 e. The number of benzene rings is 1. The summed E-state index contributed by atoms with van der Waals surface area (Å²) >= 11 is 12.2. The minimum absolute atomic E-state index is 0.0118. The predicted molar refractivity (Wildman–Crippen MR) is 105 cm³/mol. The Labute approximate surface area is 178 Å². The van der Waals surface area contributed by atoms with E-state index in [2.05, 4.69) is 25.6 Å². The van der Waals surface area contributed by atoms with E-state index in [-0.39, 0.29) is 38.5 Å². The average molecular weight is 443 g/mol. The molecule has 1 aromatic carbocycles. The monoisotopic (exact) mass is 442 g/mol. The van der Waals surface area contributed by atoms with Crippen molar-refractivity contribution in [3.63, 3.8) is 0 Å². The molecule has 0 aliphatic heterocycles. The van der Waals surface area contributed by atoms with Gasteiger partial charge in [0.05, 0.1) is 40.5 Å². The van der Waals surface area contributed by atoms with Crippen LogP contribution in [0.5, 0.6) is 0 Å². The van der Waals surface area contributed by atoms with Gasteiger partial charge in [-0.3, -0.25) is 4.79 Å². The van der Waals surface area contributed by atoms with E-state index >= 15 is 0 Å². The van der Waals surface area contributed by atoms with Crippen molar-refractivity contribution in [2.45, 2.75) is 0 Å². The van der Waals surface area contributed by atoms with E-state index < -0.39 is 11.7 Å². The molecule has 0 atom stereocenters. The van der Waals surface area contributed by atoms with E-state index in [9.17, 15) is 14.4 Å². The standard InChI is InChI=1S/C18H9Cl2FN8O/c19-13-6-11(21)7-14(20)16(13)28-15(1-2-24-28)18(30)27-12-5-10(8-22)17(23-9-12)29-25-3-4-26-29/h1-7,9H,(H,27,30). The number of nitrogens with zero attached hydrogens (tertiary/aromatic N) is 7. The Morgan fingerprint density at radius 1 is 1.10 bits per heavy atom. The molecule has 0 bridgehead atoms. The van der Waals surface area contributed by atoms with E-state index in [1.165, 1.54) is 46.4 Å². The topological polar surface area (TPSA) is 114 Å². The summed E-state index contributed by atoms with van der Waals surface area (Å²) in [4.78, 5) is 18.1. The summed E-state index contributed by atoms with van der Waals surface area (Å²) < 4.78 is 14.7. The number of carbonyl (C=O) groups excluding carboxylic acids is 1. The van der Waals surface area contributed by atoms with Gasteiger partial charge in [-0.25, -0.2) is 14.1 Å². The Bertz CT molecular complexity index is 1270. The smallest absolute Gasteiger partial charge is 0.274 e. The molecular weight excluding hydrogens is 434 g/mol. The molecule has 1 N–H and O–H groups in total. The second-order valence-corrected chi connectivity index (χ2v) is 6.64. The van der Waals surface area contributed by atoms with Gasteiger partial charge in [-0.15, -0.1) is 4.80 Å². The first kappa shape index (κ1) is 19.5. The van der Waals surface area contributed by atoms with E-state index in [0.29, 0.717) is 0 Å². The van der Waals surface area contributed by atoms with Gasteiger partial charge < -0.3 is 5.32 Å². The molecule has 0 radical (unpaired) electrons. The highest BCUT2D eigenvalue weighted by molar-refractivity contribution is 6.37. The van der Waals surface area contributed by atoms with Gasteiger partial charge >= 0.3 is 0 Å². The molecule has 3 heterocycles. The third kappa shape index (κ3) is 3.59. The number of amides is 1. The quantitative estimate of drug-likeness (QED) is 0.517. The second-order valence-electron chi connectivity index (χ2n) is 5.83. The van der Waals surface area contributed by atoms with Crippen molar-refractivity contribution in [3.05, 3.63) is 76.2 Å². The van der Waals surface area contributed by atoms with E-state index in [0.717, 1.165) is 12.1 Å². The van der Waals surface area contributed by atoms with Gasteiger partial charge in [-0.2, -0.15) is 20.6 Å². The molecule has 0 saturated heterocycles. The SMILES string of the molecule is N#Cc1cc(NC(=O)c2ccnn2-c2c(Cl)cc(F)cc2Cl)cnc1-n1nccn1. The zero-order valence-corrected chi connectivity index (χ0v) is 16.3. The third-order valence-electron chi connectivity index (χ3n) is 3.92.